The minimum Gasteiger partial charge on any atom is -0.384 e. The summed E-state index contributed by atoms with van der Waals surface area (Å²) in [6.07, 6.45) is 3.38. The Morgan fingerprint density at radius 3 is 2.95 bits per heavy atom. The van der Waals surface area contributed by atoms with Crippen LogP contribution in [0.3, 0.4) is 0 Å². The van der Waals surface area contributed by atoms with Gasteiger partial charge in [-0.15, -0.1) is 0 Å². The Labute approximate surface area is 125 Å². The minimum atomic E-state index is -0.192. The van der Waals surface area contributed by atoms with Crippen LogP contribution in [0, 0.1) is 0 Å². The maximum atomic E-state index is 11.9. The van der Waals surface area contributed by atoms with E-state index in [9.17, 15) is 4.79 Å². The molecule has 20 heavy (non-hydrogen) atoms. The van der Waals surface area contributed by atoms with Crippen molar-refractivity contribution < 1.29 is 4.74 Å². The SMILES string of the molecule is C/C(=C/C(N)=Nc1cc(Br)cn(C)c1=O)NC1COC1. The van der Waals surface area contributed by atoms with Crippen LogP contribution in [0.4, 0.5) is 5.69 Å². The summed E-state index contributed by atoms with van der Waals surface area (Å²) in [5.74, 6) is 0.283. The van der Waals surface area contributed by atoms with Crippen molar-refractivity contribution in [2.75, 3.05) is 13.2 Å². The number of aryl methyl sites for hydroxylation is 1. The number of nitrogens with two attached hydrogens (primary N) is 1. The molecule has 0 spiro atoms. The average molecular weight is 341 g/mol. The number of amidine groups is 1. The first kappa shape index (κ1) is 14.8. The summed E-state index contributed by atoms with van der Waals surface area (Å²) in [4.78, 5) is 16.1. The van der Waals surface area contributed by atoms with Crippen molar-refractivity contribution in [3.05, 3.63) is 38.9 Å². The summed E-state index contributed by atoms with van der Waals surface area (Å²) in [5, 5.41) is 3.25. The molecule has 0 bridgehead atoms. The van der Waals surface area contributed by atoms with Gasteiger partial charge in [0.25, 0.3) is 5.56 Å². The number of hydrogen-bond acceptors (Lipinski definition) is 4. The highest BCUT2D eigenvalue weighted by atomic mass is 79.9. The summed E-state index contributed by atoms with van der Waals surface area (Å²) in [7, 11) is 1.67. The first-order valence-electron chi connectivity index (χ1n) is 6.18. The molecule has 0 unspecified atom stereocenters. The molecule has 6 nitrogen and oxygen atoms in total. The van der Waals surface area contributed by atoms with Crippen molar-refractivity contribution in [1.82, 2.24) is 9.88 Å². The Morgan fingerprint density at radius 2 is 2.35 bits per heavy atom. The number of nitrogens with zero attached hydrogens (tertiary/aromatic N) is 2. The van der Waals surface area contributed by atoms with Crippen molar-refractivity contribution in [3.8, 4) is 0 Å². The highest BCUT2D eigenvalue weighted by molar-refractivity contribution is 9.10. The highest BCUT2D eigenvalue weighted by Crippen LogP contribution is 2.14. The van der Waals surface area contributed by atoms with Gasteiger partial charge in [-0.3, -0.25) is 4.79 Å². The van der Waals surface area contributed by atoms with Crippen LogP contribution >= 0.6 is 15.9 Å². The zero-order chi connectivity index (χ0) is 14.7. The smallest absolute Gasteiger partial charge is 0.276 e. The van der Waals surface area contributed by atoms with E-state index in [4.69, 9.17) is 10.5 Å². The lowest BCUT2D eigenvalue weighted by Crippen LogP contribution is -2.45. The number of aliphatic imine (C=N–C) groups is 1. The van der Waals surface area contributed by atoms with Crippen molar-refractivity contribution in [2.45, 2.75) is 13.0 Å². The van der Waals surface area contributed by atoms with Gasteiger partial charge in [-0.1, -0.05) is 0 Å². The highest BCUT2D eigenvalue weighted by Gasteiger charge is 2.17. The van der Waals surface area contributed by atoms with Gasteiger partial charge in [0.05, 0.1) is 19.3 Å². The van der Waals surface area contributed by atoms with Crippen LogP contribution in [-0.4, -0.2) is 29.7 Å². The third kappa shape index (κ3) is 3.71. The van der Waals surface area contributed by atoms with Crippen LogP contribution in [0.5, 0.6) is 0 Å². The zero-order valence-electron chi connectivity index (χ0n) is 11.4. The van der Waals surface area contributed by atoms with Gasteiger partial charge >= 0.3 is 0 Å². The van der Waals surface area contributed by atoms with Crippen molar-refractivity contribution in [2.24, 2.45) is 17.8 Å². The normalized spacial score (nSPS) is 16.9. The minimum absolute atomic E-state index is 0.192. The lowest BCUT2D eigenvalue weighted by Gasteiger charge is -2.28. The van der Waals surface area contributed by atoms with Gasteiger partial charge in [-0.05, 0) is 35.0 Å². The number of ether oxygens (including phenoxy) is 1. The molecule has 1 aromatic rings. The van der Waals surface area contributed by atoms with Gasteiger partial charge in [-0.25, -0.2) is 4.99 Å². The lowest BCUT2D eigenvalue weighted by atomic mass is 10.2. The molecule has 0 aromatic carbocycles. The molecule has 0 aliphatic carbocycles. The van der Waals surface area contributed by atoms with E-state index in [1.54, 1.807) is 25.4 Å². The van der Waals surface area contributed by atoms with E-state index in [1.807, 2.05) is 6.92 Å². The Bertz CT molecular complexity index is 617. The Hall–Kier alpha value is -1.60. The molecule has 0 atom stereocenters. The molecular weight excluding hydrogens is 324 g/mol. The molecular formula is C13H17BrN4O2. The zero-order valence-corrected chi connectivity index (χ0v) is 13.0. The lowest BCUT2D eigenvalue weighted by molar-refractivity contribution is -0.000710. The van der Waals surface area contributed by atoms with Gasteiger partial charge in [0.2, 0.25) is 0 Å². The van der Waals surface area contributed by atoms with Gasteiger partial charge in [-0.2, -0.15) is 0 Å². The molecule has 1 aromatic heterocycles. The standard InChI is InChI=1S/C13H17BrN4O2/c1-8(16-10-6-20-7-10)3-12(15)17-11-4-9(14)5-18(2)13(11)19/h3-5,10,16H,6-7H2,1-2H3,(H2,15,17)/b8-3-. The van der Waals surface area contributed by atoms with Gasteiger partial charge in [0.15, 0.2) is 0 Å². The van der Waals surface area contributed by atoms with E-state index in [1.165, 1.54) is 4.57 Å². The predicted molar refractivity (Wildman–Crippen MR) is 82.2 cm³/mol. The molecule has 7 heteroatoms. The first-order chi connectivity index (χ1) is 9.45. The number of nitrogens with one attached hydrogen (secondary N) is 1. The Morgan fingerprint density at radius 1 is 1.65 bits per heavy atom. The summed E-state index contributed by atoms with van der Waals surface area (Å²) >= 11 is 3.33. The number of hydrogen-bond donors (Lipinski definition) is 2. The summed E-state index contributed by atoms with van der Waals surface area (Å²) in [5.41, 5.74) is 6.85. The van der Waals surface area contributed by atoms with Gasteiger partial charge in [0, 0.05) is 23.4 Å². The van der Waals surface area contributed by atoms with Crippen molar-refractivity contribution in [3.63, 3.8) is 0 Å². The number of pyridine rings is 1. The number of allylic oxidation sites excluding steroid dienone is 1. The summed E-state index contributed by atoms with van der Waals surface area (Å²) in [6.45, 7) is 3.31. The van der Waals surface area contributed by atoms with E-state index in [0.29, 0.717) is 24.9 Å². The molecule has 1 aliphatic rings. The molecule has 0 saturated carbocycles. The molecule has 1 saturated heterocycles. The van der Waals surface area contributed by atoms with Crippen LogP contribution in [0.2, 0.25) is 0 Å². The van der Waals surface area contributed by atoms with Crippen LogP contribution in [0.15, 0.2) is 38.3 Å². The maximum absolute atomic E-state index is 11.9. The second-order valence-corrected chi connectivity index (χ2v) is 5.62. The molecule has 1 fully saturated rings. The summed E-state index contributed by atoms with van der Waals surface area (Å²) in [6, 6.07) is 1.98. The maximum Gasteiger partial charge on any atom is 0.276 e. The van der Waals surface area contributed by atoms with E-state index in [-0.39, 0.29) is 11.4 Å². The molecule has 0 radical (unpaired) electrons. The summed E-state index contributed by atoms with van der Waals surface area (Å²) < 4.78 is 7.31. The van der Waals surface area contributed by atoms with Gasteiger partial charge < -0.3 is 20.4 Å². The second kappa shape index (κ2) is 6.23. The molecule has 2 heterocycles. The number of rotatable bonds is 4. The van der Waals surface area contributed by atoms with Gasteiger partial charge in [0.1, 0.15) is 11.5 Å². The van der Waals surface area contributed by atoms with Crippen LogP contribution in [-0.2, 0) is 11.8 Å². The largest absolute Gasteiger partial charge is 0.384 e. The fraction of sp³-hybridized carbons (Fsp3) is 0.385. The van der Waals surface area contributed by atoms with E-state index >= 15 is 0 Å². The fourth-order valence-electron chi connectivity index (χ4n) is 1.81. The van der Waals surface area contributed by atoms with Crippen molar-refractivity contribution >= 4 is 27.5 Å². The van der Waals surface area contributed by atoms with E-state index in [0.717, 1.165) is 10.2 Å². The van der Waals surface area contributed by atoms with Crippen LogP contribution in [0.25, 0.3) is 0 Å². The second-order valence-electron chi connectivity index (χ2n) is 4.70. The number of halogens is 1. The average Bonchev–Trinajstić information content (AvgIpc) is 2.30. The molecule has 1 aliphatic heterocycles. The third-order valence-electron chi connectivity index (χ3n) is 2.81. The topological polar surface area (TPSA) is 81.6 Å². The fourth-order valence-corrected chi connectivity index (χ4v) is 2.33. The van der Waals surface area contributed by atoms with Crippen LogP contribution < -0.4 is 16.6 Å². The third-order valence-corrected chi connectivity index (χ3v) is 3.25. The Balaban J connectivity index is 2.17. The molecule has 2 rings (SSSR count). The first-order valence-corrected chi connectivity index (χ1v) is 6.98. The van der Waals surface area contributed by atoms with E-state index < -0.39 is 0 Å². The molecule has 108 valence electrons. The van der Waals surface area contributed by atoms with E-state index in [2.05, 4.69) is 26.2 Å². The predicted octanol–water partition coefficient (Wildman–Crippen LogP) is 1.03. The van der Waals surface area contributed by atoms with Crippen molar-refractivity contribution in [1.29, 1.82) is 0 Å². The monoisotopic (exact) mass is 340 g/mol. The Kier molecular flexibility index (Phi) is 4.61. The number of aromatic nitrogens is 1. The molecule has 0 amide bonds. The molecule has 3 N–H and O–H groups in total. The quantitative estimate of drug-likeness (QED) is 0.633. The van der Waals surface area contributed by atoms with Crippen LogP contribution in [0.1, 0.15) is 6.92 Å².